The van der Waals surface area contributed by atoms with E-state index in [4.69, 9.17) is 4.74 Å². The molecule has 1 aromatic rings. The van der Waals surface area contributed by atoms with Crippen LogP contribution in [0.1, 0.15) is 25.5 Å². The van der Waals surface area contributed by atoms with Crippen LogP contribution in [-0.4, -0.2) is 36.8 Å². The largest absolute Gasteiger partial charge is 0.497 e. The molecule has 16 heavy (non-hydrogen) atoms. The molecule has 2 unspecified atom stereocenters. The van der Waals surface area contributed by atoms with E-state index in [1.807, 2.05) is 38.2 Å². The molecule has 3 nitrogen and oxygen atoms in total. The van der Waals surface area contributed by atoms with Gasteiger partial charge in [-0.3, -0.25) is 0 Å². The van der Waals surface area contributed by atoms with Crippen LogP contribution in [-0.2, 0) is 0 Å². The summed E-state index contributed by atoms with van der Waals surface area (Å²) >= 11 is 0. The number of nitrogens with zero attached hydrogens (tertiary/aromatic N) is 1. The van der Waals surface area contributed by atoms with Crippen molar-refractivity contribution in [1.82, 2.24) is 4.90 Å². The monoisotopic (exact) mass is 223 g/mol. The highest BCUT2D eigenvalue weighted by atomic mass is 16.5. The van der Waals surface area contributed by atoms with E-state index in [2.05, 4.69) is 11.8 Å². The van der Waals surface area contributed by atoms with Crippen LogP contribution in [0.3, 0.4) is 0 Å². The van der Waals surface area contributed by atoms with Crippen LogP contribution in [0.4, 0.5) is 0 Å². The molecular weight excluding hydrogens is 202 g/mol. The lowest BCUT2D eigenvalue weighted by Crippen LogP contribution is -2.34. The number of methoxy groups -OCH3 is 1. The van der Waals surface area contributed by atoms with Crippen molar-refractivity contribution < 1.29 is 9.84 Å². The van der Waals surface area contributed by atoms with Crippen molar-refractivity contribution in [3.8, 4) is 5.75 Å². The molecule has 0 aliphatic heterocycles. The molecule has 0 saturated heterocycles. The van der Waals surface area contributed by atoms with Gasteiger partial charge in [-0.25, -0.2) is 0 Å². The summed E-state index contributed by atoms with van der Waals surface area (Å²) in [6, 6.07) is 7.67. The van der Waals surface area contributed by atoms with Crippen LogP contribution in [0, 0.1) is 0 Å². The lowest BCUT2D eigenvalue weighted by atomic mass is 10.0. The number of aliphatic hydroxyl groups excluding tert-OH is 1. The fraction of sp³-hybridized carbons (Fsp3) is 0.538. The fourth-order valence-electron chi connectivity index (χ4n) is 1.61. The molecule has 1 aromatic carbocycles. The molecular formula is C13H21NO2. The Hall–Kier alpha value is -1.06. The van der Waals surface area contributed by atoms with Crippen LogP contribution in [0.5, 0.6) is 5.75 Å². The van der Waals surface area contributed by atoms with E-state index in [0.29, 0.717) is 0 Å². The third-order valence-corrected chi connectivity index (χ3v) is 3.11. The summed E-state index contributed by atoms with van der Waals surface area (Å²) in [6.07, 6.45) is -0.462. The van der Waals surface area contributed by atoms with E-state index in [-0.39, 0.29) is 6.04 Å². The quantitative estimate of drug-likeness (QED) is 0.829. The average Bonchev–Trinajstić information content (AvgIpc) is 2.36. The lowest BCUT2D eigenvalue weighted by Gasteiger charge is -2.28. The highest BCUT2D eigenvalue weighted by molar-refractivity contribution is 5.28. The molecule has 0 heterocycles. The summed E-state index contributed by atoms with van der Waals surface area (Å²) in [5.41, 5.74) is 0.925. The summed E-state index contributed by atoms with van der Waals surface area (Å²) in [4.78, 5) is 2.12. The van der Waals surface area contributed by atoms with E-state index < -0.39 is 6.10 Å². The second-order valence-corrected chi connectivity index (χ2v) is 4.03. The molecule has 0 fully saturated rings. The zero-order valence-corrected chi connectivity index (χ0v) is 10.5. The average molecular weight is 223 g/mol. The van der Waals surface area contributed by atoms with Gasteiger partial charge in [0, 0.05) is 6.04 Å². The van der Waals surface area contributed by atoms with Crippen molar-refractivity contribution in [3.63, 3.8) is 0 Å². The Labute approximate surface area is 97.7 Å². The molecule has 1 rings (SSSR count). The Morgan fingerprint density at radius 1 is 1.31 bits per heavy atom. The topological polar surface area (TPSA) is 32.7 Å². The van der Waals surface area contributed by atoms with Gasteiger partial charge in [0.05, 0.1) is 13.2 Å². The maximum atomic E-state index is 10.2. The highest BCUT2D eigenvalue weighted by Crippen LogP contribution is 2.22. The van der Waals surface area contributed by atoms with Crippen molar-refractivity contribution in [2.75, 3.05) is 20.7 Å². The van der Waals surface area contributed by atoms with Crippen LogP contribution < -0.4 is 4.74 Å². The standard InChI is InChI=1S/C13H21NO2/c1-5-14(3)10(2)13(15)11-6-8-12(16-4)9-7-11/h6-10,13,15H,5H2,1-4H3. The maximum absolute atomic E-state index is 10.2. The van der Waals surface area contributed by atoms with Crippen molar-refractivity contribution in [2.45, 2.75) is 26.0 Å². The van der Waals surface area contributed by atoms with Gasteiger partial charge < -0.3 is 14.7 Å². The van der Waals surface area contributed by atoms with Crippen molar-refractivity contribution in [1.29, 1.82) is 0 Å². The van der Waals surface area contributed by atoms with Crippen LogP contribution in [0.2, 0.25) is 0 Å². The Bertz CT molecular complexity index is 310. The molecule has 0 aliphatic carbocycles. The SMILES string of the molecule is CCN(C)C(C)C(O)c1ccc(OC)cc1. The Morgan fingerprint density at radius 2 is 1.88 bits per heavy atom. The predicted octanol–water partition coefficient (Wildman–Crippen LogP) is 2.07. The maximum Gasteiger partial charge on any atom is 0.118 e. The van der Waals surface area contributed by atoms with Crippen molar-refractivity contribution >= 4 is 0 Å². The molecule has 0 amide bonds. The van der Waals surface area contributed by atoms with Gasteiger partial charge in [0.25, 0.3) is 0 Å². The molecule has 2 atom stereocenters. The zero-order chi connectivity index (χ0) is 12.1. The minimum atomic E-state index is -0.462. The minimum Gasteiger partial charge on any atom is -0.497 e. The third-order valence-electron chi connectivity index (χ3n) is 3.11. The number of hydrogen-bond acceptors (Lipinski definition) is 3. The van der Waals surface area contributed by atoms with E-state index in [0.717, 1.165) is 17.9 Å². The van der Waals surface area contributed by atoms with Gasteiger partial charge in [0.2, 0.25) is 0 Å². The predicted molar refractivity (Wildman–Crippen MR) is 65.7 cm³/mol. The fourth-order valence-corrected chi connectivity index (χ4v) is 1.61. The molecule has 90 valence electrons. The van der Waals surface area contributed by atoms with Gasteiger partial charge in [0.1, 0.15) is 5.75 Å². The number of likely N-dealkylation sites (N-methyl/N-ethyl adjacent to an activating group) is 1. The van der Waals surface area contributed by atoms with Gasteiger partial charge in [-0.05, 0) is 38.2 Å². The number of rotatable bonds is 5. The normalized spacial score (nSPS) is 14.9. The van der Waals surface area contributed by atoms with E-state index >= 15 is 0 Å². The van der Waals surface area contributed by atoms with Gasteiger partial charge in [-0.1, -0.05) is 19.1 Å². The molecule has 0 aliphatic rings. The first-order valence-corrected chi connectivity index (χ1v) is 5.62. The molecule has 0 spiro atoms. The Morgan fingerprint density at radius 3 is 2.31 bits per heavy atom. The first kappa shape index (κ1) is 13.0. The van der Waals surface area contributed by atoms with E-state index in [1.54, 1.807) is 7.11 Å². The smallest absolute Gasteiger partial charge is 0.118 e. The summed E-state index contributed by atoms with van der Waals surface area (Å²) < 4.78 is 5.09. The van der Waals surface area contributed by atoms with Crippen LogP contribution in [0.15, 0.2) is 24.3 Å². The van der Waals surface area contributed by atoms with Gasteiger partial charge >= 0.3 is 0 Å². The van der Waals surface area contributed by atoms with Crippen LogP contribution in [0.25, 0.3) is 0 Å². The Balaban J connectivity index is 2.75. The summed E-state index contributed by atoms with van der Waals surface area (Å²) in [6.45, 7) is 5.03. The van der Waals surface area contributed by atoms with E-state index in [9.17, 15) is 5.11 Å². The van der Waals surface area contributed by atoms with E-state index in [1.165, 1.54) is 0 Å². The second kappa shape index (κ2) is 5.87. The molecule has 0 saturated carbocycles. The summed E-state index contributed by atoms with van der Waals surface area (Å²) in [5, 5.41) is 10.2. The second-order valence-electron chi connectivity index (χ2n) is 4.03. The first-order valence-electron chi connectivity index (χ1n) is 5.62. The van der Waals surface area contributed by atoms with Crippen LogP contribution >= 0.6 is 0 Å². The molecule has 0 bridgehead atoms. The summed E-state index contributed by atoms with van der Waals surface area (Å²) in [7, 11) is 3.65. The lowest BCUT2D eigenvalue weighted by molar-refractivity contribution is 0.0754. The Kier molecular flexibility index (Phi) is 4.77. The molecule has 1 N–H and O–H groups in total. The number of aliphatic hydroxyl groups is 1. The zero-order valence-electron chi connectivity index (χ0n) is 10.5. The number of benzene rings is 1. The highest BCUT2D eigenvalue weighted by Gasteiger charge is 2.19. The number of ether oxygens (including phenoxy) is 1. The molecule has 0 radical (unpaired) electrons. The van der Waals surface area contributed by atoms with Crippen molar-refractivity contribution in [3.05, 3.63) is 29.8 Å². The van der Waals surface area contributed by atoms with Gasteiger partial charge in [-0.2, -0.15) is 0 Å². The molecule has 0 aromatic heterocycles. The summed E-state index contributed by atoms with van der Waals surface area (Å²) in [5.74, 6) is 0.812. The molecule has 3 heteroatoms. The first-order chi connectivity index (χ1) is 7.60. The third kappa shape index (κ3) is 2.97. The minimum absolute atomic E-state index is 0.110. The van der Waals surface area contributed by atoms with Gasteiger partial charge in [-0.15, -0.1) is 0 Å². The number of hydrogen-bond donors (Lipinski definition) is 1. The van der Waals surface area contributed by atoms with Crippen molar-refractivity contribution in [2.24, 2.45) is 0 Å². The van der Waals surface area contributed by atoms with Gasteiger partial charge in [0.15, 0.2) is 0 Å².